The first-order valence-electron chi connectivity index (χ1n) is 4.99. The summed E-state index contributed by atoms with van der Waals surface area (Å²) >= 11 is 7.22. The molecule has 0 radical (unpaired) electrons. The van der Waals surface area contributed by atoms with Crippen molar-refractivity contribution in [1.82, 2.24) is 14.5 Å². The van der Waals surface area contributed by atoms with Crippen LogP contribution in [0.2, 0.25) is 4.34 Å². The van der Waals surface area contributed by atoms with Gasteiger partial charge in [-0.15, -0.1) is 5.10 Å². The van der Waals surface area contributed by atoms with Crippen LogP contribution >= 0.6 is 23.1 Å². The molecule has 2 heterocycles. The van der Waals surface area contributed by atoms with Crippen molar-refractivity contribution in [2.75, 3.05) is 13.2 Å². The Bertz CT molecular complexity index is 333. The van der Waals surface area contributed by atoms with Gasteiger partial charge in [0, 0.05) is 30.7 Å². The zero-order chi connectivity index (χ0) is 10.8. The van der Waals surface area contributed by atoms with Crippen LogP contribution in [0, 0.1) is 0 Å². The van der Waals surface area contributed by atoms with Gasteiger partial charge < -0.3 is 4.74 Å². The van der Waals surface area contributed by atoms with Crippen LogP contribution in [0.4, 0.5) is 0 Å². The van der Waals surface area contributed by atoms with Crippen molar-refractivity contribution < 1.29 is 4.74 Å². The molecule has 4 nitrogen and oxygen atoms in total. The Labute approximate surface area is 98.3 Å². The molecule has 0 N–H and O–H groups in total. The van der Waals surface area contributed by atoms with Crippen LogP contribution in [0.1, 0.15) is 19.5 Å². The van der Waals surface area contributed by atoms with Gasteiger partial charge in [-0.2, -0.15) is 0 Å². The van der Waals surface area contributed by atoms with Crippen molar-refractivity contribution in [3.05, 3.63) is 10.0 Å². The molecule has 2 atom stereocenters. The predicted octanol–water partition coefficient (Wildman–Crippen LogP) is 1.80. The van der Waals surface area contributed by atoms with Crippen LogP contribution in [-0.2, 0) is 11.3 Å². The van der Waals surface area contributed by atoms with Gasteiger partial charge in [-0.25, -0.2) is 0 Å². The molecular weight excluding hydrogens is 234 g/mol. The fraction of sp³-hybridized carbons (Fsp3) is 0.778. The first kappa shape index (κ1) is 11.3. The second-order valence-corrected chi connectivity index (χ2v) is 5.27. The van der Waals surface area contributed by atoms with Crippen molar-refractivity contribution in [2.45, 2.75) is 32.5 Å². The second kappa shape index (κ2) is 4.74. The van der Waals surface area contributed by atoms with E-state index < -0.39 is 0 Å². The first-order chi connectivity index (χ1) is 7.16. The molecular formula is C9H14ClN3OS. The van der Waals surface area contributed by atoms with Gasteiger partial charge in [0.2, 0.25) is 0 Å². The third-order valence-electron chi connectivity index (χ3n) is 2.60. The topological polar surface area (TPSA) is 38.2 Å². The van der Waals surface area contributed by atoms with Gasteiger partial charge in [-0.05, 0) is 13.8 Å². The zero-order valence-electron chi connectivity index (χ0n) is 8.81. The van der Waals surface area contributed by atoms with E-state index in [-0.39, 0.29) is 6.10 Å². The first-order valence-corrected chi connectivity index (χ1v) is 6.14. The number of rotatable bonds is 2. The third-order valence-corrected chi connectivity index (χ3v) is 3.58. The number of ether oxygens (including phenoxy) is 1. The van der Waals surface area contributed by atoms with Gasteiger partial charge in [-0.1, -0.05) is 16.1 Å². The SMILES string of the molecule is C[C@@H]1CN(Cc2nnsc2Cl)[C@@H](C)CO1. The predicted molar refractivity (Wildman–Crippen MR) is 60.2 cm³/mol. The van der Waals surface area contributed by atoms with E-state index in [9.17, 15) is 0 Å². The lowest BCUT2D eigenvalue weighted by molar-refractivity contribution is -0.0530. The molecule has 2 rings (SSSR count). The molecule has 0 bridgehead atoms. The highest BCUT2D eigenvalue weighted by atomic mass is 35.5. The summed E-state index contributed by atoms with van der Waals surface area (Å²) in [6.07, 6.45) is 0.284. The van der Waals surface area contributed by atoms with Crippen LogP contribution in [0.25, 0.3) is 0 Å². The van der Waals surface area contributed by atoms with Crippen LogP contribution in [-0.4, -0.2) is 39.8 Å². The molecule has 15 heavy (non-hydrogen) atoms. The summed E-state index contributed by atoms with van der Waals surface area (Å²) in [5, 5.41) is 4.02. The average Bonchev–Trinajstić information content (AvgIpc) is 2.58. The molecule has 1 aliphatic rings. The molecule has 6 heteroatoms. The van der Waals surface area contributed by atoms with E-state index in [1.165, 1.54) is 11.5 Å². The maximum atomic E-state index is 5.98. The maximum absolute atomic E-state index is 5.98. The molecule has 0 unspecified atom stereocenters. The molecule has 0 saturated carbocycles. The van der Waals surface area contributed by atoms with E-state index in [2.05, 4.69) is 28.3 Å². The zero-order valence-corrected chi connectivity index (χ0v) is 10.4. The van der Waals surface area contributed by atoms with Crippen LogP contribution in [0.15, 0.2) is 0 Å². The quantitative estimate of drug-likeness (QED) is 0.799. The Morgan fingerprint density at radius 3 is 3.07 bits per heavy atom. The lowest BCUT2D eigenvalue weighted by atomic mass is 10.2. The standard InChI is InChI=1S/C9H14ClN3OS/c1-6-5-14-7(2)3-13(6)4-8-9(10)15-12-11-8/h6-7H,3-5H2,1-2H3/t6-,7+/m0/s1. The summed E-state index contributed by atoms with van der Waals surface area (Å²) in [5.41, 5.74) is 0.877. The Morgan fingerprint density at radius 1 is 1.60 bits per heavy atom. The summed E-state index contributed by atoms with van der Waals surface area (Å²) in [6, 6.07) is 0.416. The van der Waals surface area contributed by atoms with Gasteiger partial charge in [0.05, 0.1) is 12.7 Å². The molecule has 1 aliphatic heterocycles. The number of aromatic nitrogens is 2. The number of halogens is 1. The Hall–Kier alpha value is -0.230. The van der Waals surface area contributed by atoms with Gasteiger partial charge in [0.15, 0.2) is 0 Å². The molecule has 84 valence electrons. The molecule has 0 spiro atoms. The minimum absolute atomic E-state index is 0.284. The van der Waals surface area contributed by atoms with E-state index >= 15 is 0 Å². The molecule has 0 aromatic carbocycles. The molecule has 1 aromatic rings. The lowest BCUT2D eigenvalue weighted by Crippen LogP contribution is -2.46. The fourth-order valence-corrected chi connectivity index (χ4v) is 2.29. The summed E-state index contributed by atoms with van der Waals surface area (Å²) < 4.78 is 10.1. The molecule has 0 amide bonds. The maximum Gasteiger partial charge on any atom is 0.138 e. The Balaban J connectivity index is 2.01. The monoisotopic (exact) mass is 247 g/mol. The summed E-state index contributed by atoms with van der Waals surface area (Å²) in [4.78, 5) is 2.33. The highest BCUT2D eigenvalue weighted by Gasteiger charge is 2.24. The van der Waals surface area contributed by atoms with Gasteiger partial charge in [0.1, 0.15) is 10.0 Å². The van der Waals surface area contributed by atoms with E-state index in [0.717, 1.165) is 25.4 Å². The van der Waals surface area contributed by atoms with Crippen LogP contribution in [0.3, 0.4) is 0 Å². The highest BCUT2D eigenvalue weighted by molar-refractivity contribution is 7.10. The summed E-state index contributed by atoms with van der Waals surface area (Å²) in [7, 11) is 0. The van der Waals surface area contributed by atoms with Crippen molar-refractivity contribution >= 4 is 23.1 Å². The van der Waals surface area contributed by atoms with Gasteiger partial charge in [0.25, 0.3) is 0 Å². The van der Waals surface area contributed by atoms with Crippen LogP contribution in [0.5, 0.6) is 0 Å². The van der Waals surface area contributed by atoms with Gasteiger partial charge in [-0.3, -0.25) is 4.90 Å². The van der Waals surface area contributed by atoms with E-state index in [4.69, 9.17) is 16.3 Å². The number of morpholine rings is 1. The van der Waals surface area contributed by atoms with Crippen molar-refractivity contribution in [2.24, 2.45) is 0 Å². The Morgan fingerprint density at radius 2 is 2.40 bits per heavy atom. The lowest BCUT2D eigenvalue weighted by Gasteiger charge is -2.36. The number of nitrogens with zero attached hydrogens (tertiary/aromatic N) is 3. The number of hydrogen-bond donors (Lipinski definition) is 0. The van der Waals surface area contributed by atoms with Gasteiger partial charge >= 0.3 is 0 Å². The number of hydrogen-bond acceptors (Lipinski definition) is 5. The minimum Gasteiger partial charge on any atom is -0.376 e. The molecule has 1 fully saturated rings. The minimum atomic E-state index is 0.284. The third kappa shape index (κ3) is 2.66. The van der Waals surface area contributed by atoms with Crippen molar-refractivity contribution in [3.63, 3.8) is 0 Å². The van der Waals surface area contributed by atoms with E-state index in [1.54, 1.807) is 0 Å². The largest absolute Gasteiger partial charge is 0.376 e. The van der Waals surface area contributed by atoms with Crippen LogP contribution < -0.4 is 0 Å². The van der Waals surface area contributed by atoms with Crippen molar-refractivity contribution in [1.29, 1.82) is 0 Å². The summed E-state index contributed by atoms with van der Waals surface area (Å²) in [5.74, 6) is 0. The molecule has 0 aliphatic carbocycles. The van der Waals surface area contributed by atoms with Crippen molar-refractivity contribution in [3.8, 4) is 0 Å². The second-order valence-electron chi connectivity index (χ2n) is 3.92. The average molecular weight is 248 g/mol. The normalized spacial score (nSPS) is 28.2. The smallest absolute Gasteiger partial charge is 0.138 e. The Kier molecular flexibility index (Phi) is 3.56. The van der Waals surface area contributed by atoms with E-state index in [0.29, 0.717) is 10.4 Å². The van der Waals surface area contributed by atoms with E-state index in [1.807, 2.05) is 0 Å². The summed E-state index contributed by atoms with van der Waals surface area (Å²) in [6.45, 7) is 6.70. The highest BCUT2D eigenvalue weighted by Crippen LogP contribution is 2.21. The molecule has 1 aromatic heterocycles. The fourth-order valence-electron chi connectivity index (χ4n) is 1.68. The molecule has 1 saturated heterocycles.